The van der Waals surface area contributed by atoms with E-state index < -0.39 is 0 Å². The third kappa shape index (κ3) is 1.82. The molecule has 0 amide bonds. The molecule has 0 bridgehead atoms. The average Bonchev–Trinajstić information content (AvgIpc) is 2.05. The van der Waals surface area contributed by atoms with Crippen molar-refractivity contribution >= 4 is 27.8 Å². The summed E-state index contributed by atoms with van der Waals surface area (Å²) in [6, 6.07) is 0. The second-order valence-electron chi connectivity index (χ2n) is 2.26. The summed E-state index contributed by atoms with van der Waals surface area (Å²) in [6.07, 6.45) is 4.71. The van der Waals surface area contributed by atoms with Crippen molar-refractivity contribution in [2.24, 2.45) is 0 Å². The van der Waals surface area contributed by atoms with Crippen LogP contribution in [0.4, 0.5) is 5.69 Å². The molecule has 0 aliphatic rings. The van der Waals surface area contributed by atoms with Crippen molar-refractivity contribution in [2.75, 3.05) is 11.9 Å². The fourth-order valence-corrected chi connectivity index (χ4v) is 1.37. The van der Waals surface area contributed by atoms with Crippen LogP contribution in [0, 0.1) is 5.41 Å². The third-order valence-electron chi connectivity index (χ3n) is 1.45. The van der Waals surface area contributed by atoms with E-state index in [2.05, 4.69) is 26.2 Å². The van der Waals surface area contributed by atoms with Gasteiger partial charge in [-0.25, -0.2) is 0 Å². The summed E-state index contributed by atoms with van der Waals surface area (Å²) in [5, 5.41) is 10.3. The standard InChI is InChI=1S/C8H10BrN3/c1-2-12-8-5-11-4-7(9)6(8)3-10/h3-5,10,12H,2H2,1H3. The zero-order valence-corrected chi connectivity index (χ0v) is 8.35. The summed E-state index contributed by atoms with van der Waals surface area (Å²) in [6.45, 7) is 2.84. The van der Waals surface area contributed by atoms with Gasteiger partial charge in [-0.15, -0.1) is 0 Å². The lowest BCUT2D eigenvalue weighted by molar-refractivity contribution is 1.18. The smallest absolute Gasteiger partial charge is 0.0627 e. The molecule has 0 fully saturated rings. The summed E-state index contributed by atoms with van der Waals surface area (Å²) in [7, 11) is 0. The predicted octanol–water partition coefficient (Wildman–Crippen LogP) is 2.27. The number of rotatable bonds is 3. The summed E-state index contributed by atoms with van der Waals surface area (Å²) in [5.41, 5.74) is 1.73. The Balaban J connectivity index is 3.09. The van der Waals surface area contributed by atoms with Crippen LogP contribution in [0.3, 0.4) is 0 Å². The first-order valence-electron chi connectivity index (χ1n) is 3.67. The zero-order chi connectivity index (χ0) is 8.97. The number of hydrogen-bond acceptors (Lipinski definition) is 3. The molecular formula is C8H10BrN3. The molecule has 1 heterocycles. The lowest BCUT2D eigenvalue weighted by Gasteiger charge is -2.06. The third-order valence-corrected chi connectivity index (χ3v) is 2.08. The van der Waals surface area contributed by atoms with Crippen molar-refractivity contribution in [3.63, 3.8) is 0 Å². The van der Waals surface area contributed by atoms with Gasteiger partial charge in [-0.3, -0.25) is 4.98 Å². The SMILES string of the molecule is CCNc1cncc(Br)c1C=N. The number of nitrogens with one attached hydrogen (secondary N) is 2. The summed E-state index contributed by atoms with van der Waals surface area (Å²) in [5.74, 6) is 0. The van der Waals surface area contributed by atoms with Crippen molar-refractivity contribution in [3.8, 4) is 0 Å². The van der Waals surface area contributed by atoms with Crippen LogP contribution in [-0.4, -0.2) is 17.7 Å². The minimum atomic E-state index is 0.832. The van der Waals surface area contributed by atoms with Gasteiger partial charge in [0, 0.05) is 29.0 Å². The van der Waals surface area contributed by atoms with Gasteiger partial charge >= 0.3 is 0 Å². The molecule has 0 atom stereocenters. The molecule has 0 aliphatic heterocycles. The van der Waals surface area contributed by atoms with Crippen LogP contribution >= 0.6 is 15.9 Å². The van der Waals surface area contributed by atoms with Crippen molar-refractivity contribution in [1.29, 1.82) is 5.41 Å². The molecule has 1 rings (SSSR count). The molecule has 0 aromatic carbocycles. The number of nitrogens with zero attached hydrogens (tertiary/aromatic N) is 1. The van der Waals surface area contributed by atoms with Crippen LogP contribution in [0.5, 0.6) is 0 Å². The molecule has 3 nitrogen and oxygen atoms in total. The molecule has 0 saturated carbocycles. The van der Waals surface area contributed by atoms with E-state index in [9.17, 15) is 0 Å². The van der Waals surface area contributed by atoms with E-state index in [-0.39, 0.29) is 0 Å². The normalized spacial score (nSPS) is 9.50. The van der Waals surface area contributed by atoms with Crippen molar-refractivity contribution < 1.29 is 0 Å². The number of hydrogen-bond donors (Lipinski definition) is 2. The first-order chi connectivity index (χ1) is 5.79. The Kier molecular flexibility index (Phi) is 3.22. The van der Waals surface area contributed by atoms with Crippen LogP contribution in [0.15, 0.2) is 16.9 Å². The molecule has 0 radical (unpaired) electrons. The van der Waals surface area contributed by atoms with Gasteiger partial charge in [0.1, 0.15) is 0 Å². The summed E-state index contributed by atoms with van der Waals surface area (Å²) in [4.78, 5) is 4.00. The van der Waals surface area contributed by atoms with Crippen LogP contribution in [-0.2, 0) is 0 Å². The van der Waals surface area contributed by atoms with Gasteiger partial charge in [-0.05, 0) is 22.9 Å². The van der Waals surface area contributed by atoms with E-state index in [0.29, 0.717) is 0 Å². The predicted molar refractivity (Wildman–Crippen MR) is 54.0 cm³/mol. The summed E-state index contributed by atoms with van der Waals surface area (Å²) < 4.78 is 0.843. The van der Waals surface area contributed by atoms with E-state index in [1.54, 1.807) is 12.4 Å². The lowest BCUT2D eigenvalue weighted by atomic mass is 10.2. The number of aromatic nitrogens is 1. The van der Waals surface area contributed by atoms with E-state index in [1.807, 2.05) is 6.92 Å². The van der Waals surface area contributed by atoms with Gasteiger partial charge in [-0.1, -0.05) is 0 Å². The quantitative estimate of drug-likeness (QED) is 0.779. The second-order valence-corrected chi connectivity index (χ2v) is 3.11. The van der Waals surface area contributed by atoms with Crippen LogP contribution in [0.25, 0.3) is 0 Å². The number of pyridine rings is 1. The first-order valence-corrected chi connectivity index (χ1v) is 4.46. The maximum absolute atomic E-state index is 7.18. The molecule has 0 saturated heterocycles. The van der Waals surface area contributed by atoms with E-state index in [0.717, 1.165) is 22.3 Å². The monoisotopic (exact) mass is 227 g/mol. The molecule has 4 heteroatoms. The molecule has 2 N–H and O–H groups in total. The van der Waals surface area contributed by atoms with Gasteiger partial charge < -0.3 is 10.7 Å². The maximum atomic E-state index is 7.18. The highest BCUT2D eigenvalue weighted by Crippen LogP contribution is 2.20. The molecule has 1 aromatic rings. The molecular weight excluding hydrogens is 218 g/mol. The van der Waals surface area contributed by atoms with E-state index >= 15 is 0 Å². The average molecular weight is 228 g/mol. The fraction of sp³-hybridized carbons (Fsp3) is 0.250. The van der Waals surface area contributed by atoms with Gasteiger partial charge in [0.05, 0.1) is 11.9 Å². The Bertz CT molecular complexity index is 286. The Morgan fingerprint density at radius 3 is 3.00 bits per heavy atom. The number of anilines is 1. The second kappa shape index (κ2) is 4.21. The minimum Gasteiger partial charge on any atom is -0.384 e. The van der Waals surface area contributed by atoms with E-state index in [4.69, 9.17) is 5.41 Å². The molecule has 1 aromatic heterocycles. The van der Waals surface area contributed by atoms with E-state index in [1.165, 1.54) is 6.21 Å². The lowest BCUT2D eigenvalue weighted by Crippen LogP contribution is -2.01. The Morgan fingerprint density at radius 2 is 2.42 bits per heavy atom. The van der Waals surface area contributed by atoms with Gasteiger partial charge in [0.2, 0.25) is 0 Å². The zero-order valence-electron chi connectivity index (χ0n) is 6.76. The molecule has 12 heavy (non-hydrogen) atoms. The topological polar surface area (TPSA) is 48.8 Å². The maximum Gasteiger partial charge on any atom is 0.0627 e. The van der Waals surface area contributed by atoms with Crippen molar-refractivity contribution in [1.82, 2.24) is 4.98 Å². The highest BCUT2D eigenvalue weighted by atomic mass is 79.9. The van der Waals surface area contributed by atoms with Gasteiger partial charge in [-0.2, -0.15) is 0 Å². The molecule has 0 spiro atoms. The molecule has 64 valence electrons. The summed E-state index contributed by atoms with van der Waals surface area (Å²) >= 11 is 3.32. The van der Waals surface area contributed by atoms with Gasteiger partial charge in [0.25, 0.3) is 0 Å². The Morgan fingerprint density at radius 1 is 1.67 bits per heavy atom. The van der Waals surface area contributed by atoms with Crippen molar-refractivity contribution in [3.05, 3.63) is 22.4 Å². The molecule has 0 unspecified atom stereocenters. The van der Waals surface area contributed by atoms with Crippen LogP contribution < -0.4 is 5.32 Å². The Labute approximate surface area is 79.8 Å². The Hall–Kier alpha value is -0.900. The number of halogens is 1. The minimum absolute atomic E-state index is 0.832. The fourth-order valence-electron chi connectivity index (χ4n) is 0.923. The first kappa shape index (κ1) is 9.19. The van der Waals surface area contributed by atoms with Gasteiger partial charge in [0.15, 0.2) is 0 Å². The van der Waals surface area contributed by atoms with Crippen LogP contribution in [0.1, 0.15) is 12.5 Å². The molecule has 0 aliphatic carbocycles. The highest BCUT2D eigenvalue weighted by Gasteiger charge is 2.02. The van der Waals surface area contributed by atoms with Crippen molar-refractivity contribution in [2.45, 2.75) is 6.92 Å². The highest BCUT2D eigenvalue weighted by molar-refractivity contribution is 9.10. The largest absolute Gasteiger partial charge is 0.384 e. The van der Waals surface area contributed by atoms with Crippen LogP contribution in [0.2, 0.25) is 0 Å².